The van der Waals surface area contributed by atoms with Crippen LogP contribution in [0.15, 0.2) is 18.2 Å². The lowest BCUT2D eigenvalue weighted by Crippen LogP contribution is -2.38. The van der Waals surface area contributed by atoms with E-state index < -0.39 is 17.6 Å². The molecular formula is C14H16FN3O2. The number of rotatable bonds is 4. The second-order valence-electron chi connectivity index (χ2n) is 3.99. The quantitative estimate of drug-likeness (QED) is 0.764. The summed E-state index contributed by atoms with van der Waals surface area (Å²) in [5, 5.41) is 0. The number of carbonyl (C=O) groups excluding carboxylic acids is 2. The smallest absolute Gasteiger partial charge is 0.257 e. The highest BCUT2D eigenvalue weighted by Gasteiger charge is 2.19. The average molecular weight is 277 g/mol. The standard InChI is InChI=1S/C14H16FN3O2/c1-2-18(9-13(17)19)14(20)11-6-5-10(4-3-7-16)8-12(11)15/h5-6,8H,2,7,9,16H2,1H3,(H2,17,19). The molecule has 1 aromatic carbocycles. The molecule has 0 radical (unpaired) electrons. The van der Waals surface area contributed by atoms with Gasteiger partial charge in [0.15, 0.2) is 0 Å². The Bertz CT molecular complexity index is 576. The molecule has 6 heteroatoms. The summed E-state index contributed by atoms with van der Waals surface area (Å²) in [7, 11) is 0. The van der Waals surface area contributed by atoms with Crippen LogP contribution in [0.3, 0.4) is 0 Å². The van der Waals surface area contributed by atoms with E-state index in [-0.39, 0.29) is 25.2 Å². The lowest BCUT2D eigenvalue weighted by atomic mass is 10.1. The van der Waals surface area contributed by atoms with Gasteiger partial charge >= 0.3 is 0 Å². The number of hydrogen-bond acceptors (Lipinski definition) is 3. The zero-order chi connectivity index (χ0) is 15.1. The highest BCUT2D eigenvalue weighted by Crippen LogP contribution is 2.12. The minimum atomic E-state index is -0.693. The summed E-state index contributed by atoms with van der Waals surface area (Å²) in [5.74, 6) is 3.35. The SMILES string of the molecule is CCN(CC(N)=O)C(=O)c1ccc(C#CCN)cc1F. The van der Waals surface area contributed by atoms with E-state index in [1.54, 1.807) is 6.92 Å². The van der Waals surface area contributed by atoms with Crippen molar-refractivity contribution in [3.63, 3.8) is 0 Å². The largest absolute Gasteiger partial charge is 0.368 e. The molecule has 0 aliphatic carbocycles. The van der Waals surface area contributed by atoms with Gasteiger partial charge in [0.1, 0.15) is 5.82 Å². The number of carbonyl (C=O) groups is 2. The molecule has 106 valence electrons. The van der Waals surface area contributed by atoms with Gasteiger partial charge in [-0.2, -0.15) is 0 Å². The van der Waals surface area contributed by atoms with Crippen LogP contribution in [0, 0.1) is 17.7 Å². The molecule has 2 amide bonds. The summed E-state index contributed by atoms with van der Waals surface area (Å²) in [5.41, 5.74) is 10.6. The maximum atomic E-state index is 13.9. The van der Waals surface area contributed by atoms with Crippen LogP contribution in [-0.4, -0.2) is 36.3 Å². The van der Waals surface area contributed by atoms with Crippen molar-refractivity contribution in [3.05, 3.63) is 35.1 Å². The van der Waals surface area contributed by atoms with Gasteiger partial charge in [0.25, 0.3) is 5.91 Å². The molecule has 5 nitrogen and oxygen atoms in total. The van der Waals surface area contributed by atoms with Crippen molar-refractivity contribution in [2.24, 2.45) is 11.5 Å². The lowest BCUT2D eigenvalue weighted by Gasteiger charge is -2.19. The fourth-order valence-electron chi connectivity index (χ4n) is 1.61. The van der Waals surface area contributed by atoms with Gasteiger partial charge in [0.05, 0.1) is 18.7 Å². The average Bonchev–Trinajstić information content (AvgIpc) is 2.41. The van der Waals surface area contributed by atoms with Crippen molar-refractivity contribution in [2.75, 3.05) is 19.6 Å². The van der Waals surface area contributed by atoms with Crippen molar-refractivity contribution in [2.45, 2.75) is 6.92 Å². The monoisotopic (exact) mass is 277 g/mol. The third-order valence-corrected chi connectivity index (χ3v) is 2.55. The van der Waals surface area contributed by atoms with Crippen LogP contribution in [0.1, 0.15) is 22.8 Å². The van der Waals surface area contributed by atoms with Gasteiger partial charge in [0, 0.05) is 12.1 Å². The molecule has 0 unspecified atom stereocenters. The Morgan fingerprint density at radius 1 is 1.40 bits per heavy atom. The molecule has 20 heavy (non-hydrogen) atoms. The normalized spacial score (nSPS) is 9.55. The second kappa shape index (κ2) is 7.26. The lowest BCUT2D eigenvalue weighted by molar-refractivity contribution is -0.118. The van der Waals surface area contributed by atoms with Crippen molar-refractivity contribution in [3.8, 4) is 11.8 Å². The van der Waals surface area contributed by atoms with Gasteiger partial charge in [0.2, 0.25) is 5.91 Å². The first kappa shape index (κ1) is 15.7. The summed E-state index contributed by atoms with van der Waals surface area (Å²) < 4.78 is 13.9. The Morgan fingerprint density at radius 2 is 2.10 bits per heavy atom. The van der Waals surface area contributed by atoms with Crippen LogP contribution in [0.25, 0.3) is 0 Å². The number of hydrogen-bond donors (Lipinski definition) is 2. The Hall–Kier alpha value is -2.39. The summed E-state index contributed by atoms with van der Waals surface area (Å²) in [4.78, 5) is 24.1. The minimum Gasteiger partial charge on any atom is -0.368 e. The van der Waals surface area contributed by atoms with E-state index in [2.05, 4.69) is 11.8 Å². The van der Waals surface area contributed by atoms with Crippen molar-refractivity contribution >= 4 is 11.8 Å². The van der Waals surface area contributed by atoms with Crippen molar-refractivity contribution in [1.82, 2.24) is 4.90 Å². The van der Waals surface area contributed by atoms with Gasteiger partial charge in [-0.25, -0.2) is 4.39 Å². The molecule has 1 rings (SSSR count). The van der Waals surface area contributed by atoms with Gasteiger partial charge in [-0.3, -0.25) is 9.59 Å². The molecule has 0 spiro atoms. The fraction of sp³-hybridized carbons (Fsp3) is 0.286. The topological polar surface area (TPSA) is 89.4 Å². The van der Waals surface area contributed by atoms with E-state index in [0.717, 1.165) is 6.07 Å². The van der Waals surface area contributed by atoms with Gasteiger partial charge < -0.3 is 16.4 Å². The molecule has 0 heterocycles. The second-order valence-corrected chi connectivity index (χ2v) is 3.99. The highest BCUT2D eigenvalue weighted by atomic mass is 19.1. The van der Waals surface area contributed by atoms with Crippen LogP contribution in [-0.2, 0) is 4.79 Å². The maximum absolute atomic E-state index is 13.9. The number of nitrogens with zero attached hydrogens (tertiary/aromatic N) is 1. The molecule has 4 N–H and O–H groups in total. The molecule has 0 aromatic heterocycles. The Labute approximate surface area is 116 Å². The highest BCUT2D eigenvalue weighted by molar-refractivity contribution is 5.96. The van der Waals surface area contributed by atoms with Crippen LogP contribution in [0.2, 0.25) is 0 Å². The molecule has 0 fully saturated rings. The number of halogens is 1. The fourth-order valence-corrected chi connectivity index (χ4v) is 1.61. The molecule has 0 saturated carbocycles. The first-order valence-corrected chi connectivity index (χ1v) is 6.05. The third kappa shape index (κ3) is 4.07. The zero-order valence-electron chi connectivity index (χ0n) is 11.1. The van der Waals surface area contributed by atoms with Crippen LogP contribution in [0.5, 0.6) is 0 Å². The Morgan fingerprint density at radius 3 is 2.60 bits per heavy atom. The number of benzene rings is 1. The molecule has 0 atom stereocenters. The van der Waals surface area contributed by atoms with E-state index in [1.807, 2.05) is 0 Å². The number of primary amides is 1. The predicted octanol–water partition coefficient (Wildman–Crippen LogP) is 0.0833. The van der Waals surface area contributed by atoms with Crippen LogP contribution in [0.4, 0.5) is 4.39 Å². The van der Waals surface area contributed by atoms with Gasteiger partial charge in [-0.05, 0) is 25.1 Å². The molecular weight excluding hydrogens is 261 g/mol. The zero-order valence-corrected chi connectivity index (χ0v) is 11.1. The molecule has 0 saturated heterocycles. The van der Waals surface area contributed by atoms with Crippen molar-refractivity contribution in [1.29, 1.82) is 0 Å². The minimum absolute atomic E-state index is 0.119. The van der Waals surface area contributed by atoms with E-state index in [9.17, 15) is 14.0 Å². The van der Waals surface area contributed by atoms with Crippen LogP contribution >= 0.6 is 0 Å². The van der Waals surface area contributed by atoms with E-state index >= 15 is 0 Å². The first-order valence-electron chi connectivity index (χ1n) is 6.05. The number of likely N-dealkylation sites (N-methyl/N-ethyl adjacent to an activating group) is 1. The van der Waals surface area contributed by atoms with E-state index in [1.165, 1.54) is 17.0 Å². The maximum Gasteiger partial charge on any atom is 0.257 e. The van der Waals surface area contributed by atoms with Gasteiger partial charge in [-0.1, -0.05) is 11.8 Å². The summed E-state index contributed by atoms with van der Waals surface area (Å²) in [6.07, 6.45) is 0. The Kier molecular flexibility index (Phi) is 5.69. The Balaban J connectivity index is 3.01. The summed E-state index contributed by atoms with van der Waals surface area (Å²) in [6, 6.07) is 4.02. The van der Waals surface area contributed by atoms with Crippen LogP contribution < -0.4 is 11.5 Å². The molecule has 0 aliphatic rings. The van der Waals surface area contributed by atoms with Gasteiger partial charge in [-0.15, -0.1) is 0 Å². The van der Waals surface area contributed by atoms with E-state index in [0.29, 0.717) is 5.56 Å². The molecule has 0 bridgehead atoms. The number of amides is 2. The third-order valence-electron chi connectivity index (χ3n) is 2.55. The summed E-state index contributed by atoms with van der Waals surface area (Å²) >= 11 is 0. The first-order chi connectivity index (χ1) is 9.49. The number of nitrogens with two attached hydrogens (primary N) is 2. The van der Waals surface area contributed by atoms with Crippen molar-refractivity contribution < 1.29 is 14.0 Å². The van der Waals surface area contributed by atoms with E-state index in [4.69, 9.17) is 11.5 Å². The summed E-state index contributed by atoms with van der Waals surface area (Å²) in [6.45, 7) is 1.86. The molecule has 1 aromatic rings. The predicted molar refractivity (Wildman–Crippen MR) is 73.1 cm³/mol. The molecule has 0 aliphatic heterocycles.